The Morgan fingerprint density at radius 3 is 2.12 bits per heavy atom. The summed E-state index contributed by atoms with van der Waals surface area (Å²) in [6.45, 7) is -2.19. The van der Waals surface area contributed by atoms with E-state index in [0.29, 0.717) is 5.56 Å². The number of nitrogens with zero attached hydrogens (tertiary/aromatic N) is 1. The summed E-state index contributed by atoms with van der Waals surface area (Å²) in [6, 6.07) is 5.58. The number of nitrogens with one attached hydrogen (secondary N) is 3. The second-order valence-corrected chi connectivity index (χ2v) is 8.72. The van der Waals surface area contributed by atoms with Crippen molar-refractivity contribution in [1.29, 1.82) is 0 Å². The van der Waals surface area contributed by atoms with Gasteiger partial charge in [0.25, 0.3) is 11.8 Å². The summed E-state index contributed by atoms with van der Waals surface area (Å²) in [4.78, 5) is 72.7. The molecule has 0 radical (unpaired) electrons. The lowest BCUT2D eigenvalue weighted by atomic mass is 10.1. The van der Waals surface area contributed by atoms with Gasteiger partial charge in [0.15, 0.2) is 5.78 Å². The fraction of sp³-hybridized carbons (Fsp3) is 0.400. The number of aliphatic hydroxyl groups is 2. The minimum atomic E-state index is -1.45. The van der Waals surface area contributed by atoms with Gasteiger partial charge < -0.3 is 35.6 Å². The zero-order valence-electron chi connectivity index (χ0n) is 21.4. The van der Waals surface area contributed by atoms with Gasteiger partial charge >= 0.3 is 5.97 Å². The number of ketones is 1. The average molecular weight is 579 g/mol. The molecule has 4 amide bonds. The topological polar surface area (TPSA) is 201 Å². The van der Waals surface area contributed by atoms with Gasteiger partial charge in [0.2, 0.25) is 11.8 Å². The number of thiocarbonyl (C=S) groups is 1. The molecule has 40 heavy (non-hydrogen) atoms. The van der Waals surface area contributed by atoms with Crippen molar-refractivity contribution in [3.8, 4) is 0 Å². The van der Waals surface area contributed by atoms with E-state index in [0.717, 1.165) is 17.1 Å². The quantitative estimate of drug-likeness (QED) is 0.0433. The van der Waals surface area contributed by atoms with Crippen molar-refractivity contribution >= 4 is 52.6 Å². The van der Waals surface area contributed by atoms with Crippen LogP contribution in [0.3, 0.4) is 0 Å². The SMILES string of the molecule is O=C(CNC(=O)[C@H](CO)NC(=O)[C@H](CO)NC(=S)CC(=O)c1ccccc1)OCCOCCN1C(=O)C=CC1=O. The fourth-order valence-electron chi connectivity index (χ4n) is 3.24. The van der Waals surface area contributed by atoms with Gasteiger partial charge in [0.1, 0.15) is 25.2 Å². The molecule has 1 aromatic carbocycles. The molecule has 2 atom stereocenters. The lowest BCUT2D eigenvalue weighted by Crippen LogP contribution is -2.56. The van der Waals surface area contributed by atoms with Crippen LogP contribution in [-0.2, 0) is 33.4 Å². The maximum absolute atomic E-state index is 12.5. The number of aliphatic hydroxyl groups excluding tert-OH is 2. The van der Waals surface area contributed by atoms with E-state index in [1.165, 1.54) is 0 Å². The van der Waals surface area contributed by atoms with Gasteiger partial charge in [-0.1, -0.05) is 42.5 Å². The summed E-state index contributed by atoms with van der Waals surface area (Å²) in [5, 5.41) is 26.1. The number of carbonyl (C=O) groups is 6. The summed E-state index contributed by atoms with van der Waals surface area (Å²) in [7, 11) is 0. The van der Waals surface area contributed by atoms with Crippen LogP contribution in [0.5, 0.6) is 0 Å². The van der Waals surface area contributed by atoms with E-state index in [2.05, 4.69) is 16.0 Å². The molecule has 216 valence electrons. The Labute approximate surface area is 234 Å². The predicted molar refractivity (Wildman–Crippen MR) is 142 cm³/mol. The third-order valence-corrected chi connectivity index (χ3v) is 5.59. The molecule has 1 aliphatic heterocycles. The molecule has 0 saturated carbocycles. The van der Waals surface area contributed by atoms with E-state index in [1.54, 1.807) is 30.3 Å². The van der Waals surface area contributed by atoms with Crippen molar-refractivity contribution in [2.24, 2.45) is 0 Å². The molecule has 1 aromatic rings. The highest BCUT2D eigenvalue weighted by Crippen LogP contribution is 2.04. The van der Waals surface area contributed by atoms with Crippen LogP contribution in [0.25, 0.3) is 0 Å². The van der Waals surface area contributed by atoms with Crippen LogP contribution in [0.2, 0.25) is 0 Å². The molecule has 0 spiro atoms. The fourth-order valence-corrected chi connectivity index (χ4v) is 3.51. The summed E-state index contributed by atoms with van der Waals surface area (Å²) in [5.41, 5.74) is 0.422. The Morgan fingerprint density at radius 1 is 0.875 bits per heavy atom. The first-order valence-electron chi connectivity index (χ1n) is 12.1. The van der Waals surface area contributed by atoms with Gasteiger partial charge in [-0.25, -0.2) is 0 Å². The second-order valence-electron chi connectivity index (χ2n) is 8.22. The molecule has 5 N–H and O–H groups in total. The van der Waals surface area contributed by atoms with Crippen LogP contribution < -0.4 is 16.0 Å². The number of carbonyl (C=O) groups excluding carboxylic acids is 6. The van der Waals surface area contributed by atoms with Crippen LogP contribution in [0, 0.1) is 0 Å². The first kappa shape index (κ1) is 32.2. The molecule has 0 aliphatic carbocycles. The largest absolute Gasteiger partial charge is 0.462 e. The van der Waals surface area contributed by atoms with E-state index < -0.39 is 61.4 Å². The van der Waals surface area contributed by atoms with Crippen LogP contribution in [0.4, 0.5) is 0 Å². The molecule has 2 rings (SSSR count). The van der Waals surface area contributed by atoms with Crippen molar-refractivity contribution in [3.63, 3.8) is 0 Å². The van der Waals surface area contributed by atoms with Gasteiger partial charge in [0, 0.05) is 17.7 Å². The summed E-state index contributed by atoms with van der Waals surface area (Å²) >= 11 is 5.10. The smallest absolute Gasteiger partial charge is 0.325 e. The molecule has 15 heteroatoms. The van der Waals surface area contributed by atoms with Crippen molar-refractivity contribution in [2.45, 2.75) is 18.5 Å². The van der Waals surface area contributed by atoms with E-state index in [-0.39, 0.29) is 43.6 Å². The van der Waals surface area contributed by atoms with E-state index in [4.69, 9.17) is 21.7 Å². The Morgan fingerprint density at radius 2 is 1.50 bits per heavy atom. The Kier molecular flexibility index (Phi) is 13.5. The number of imide groups is 1. The van der Waals surface area contributed by atoms with E-state index in [1.807, 2.05) is 0 Å². The highest BCUT2D eigenvalue weighted by Gasteiger charge is 2.26. The van der Waals surface area contributed by atoms with Crippen molar-refractivity contribution in [3.05, 3.63) is 48.0 Å². The number of benzene rings is 1. The van der Waals surface area contributed by atoms with Crippen molar-refractivity contribution in [2.75, 3.05) is 46.1 Å². The zero-order chi connectivity index (χ0) is 29.5. The van der Waals surface area contributed by atoms with Gasteiger partial charge in [-0.15, -0.1) is 0 Å². The minimum Gasteiger partial charge on any atom is -0.462 e. The highest BCUT2D eigenvalue weighted by atomic mass is 32.1. The molecule has 0 aromatic heterocycles. The molecule has 1 heterocycles. The number of ether oxygens (including phenoxy) is 2. The van der Waals surface area contributed by atoms with Gasteiger partial charge in [-0.2, -0.15) is 0 Å². The van der Waals surface area contributed by atoms with Gasteiger partial charge in [0.05, 0.1) is 44.4 Å². The number of amides is 4. The molecule has 1 aliphatic rings. The maximum Gasteiger partial charge on any atom is 0.325 e. The zero-order valence-corrected chi connectivity index (χ0v) is 22.2. The monoisotopic (exact) mass is 578 g/mol. The first-order chi connectivity index (χ1) is 19.2. The van der Waals surface area contributed by atoms with Crippen LogP contribution in [0.1, 0.15) is 16.8 Å². The van der Waals surface area contributed by atoms with E-state index in [9.17, 15) is 39.0 Å². The summed E-state index contributed by atoms with van der Waals surface area (Å²) in [6.07, 6.45) is 2.09. The summed E-state index contributed by atoms with van der Waals surface area (Å²) < 4.78 is 10.1. The number of hydrogen-bond donors (Lipinski definition) is 5. The van der Waals surface area contributed by atoms with Crippen molar-refractivity contribution in [1.82, 2.24) is 20.9 Å². The molecular weight excluding hydrogens is 548 g/mol. The van der Waals surface area contributed by atoms with E-state index >= 15 is 0 Å². The molecule has 14 nitrogen and oxygen atoms in total. The lowest BCUT2D eigenvalue weighted by Gasteiger charge is -2.21. The summed E-state index contributed by atoms with van der Waals surface area (Å²) in [5.74, 6) is -3.76. The second kappa shape index (κ2) is 16.8. The Bertz CT molecular complexity index is 1110. The maximum atomic E-state index is 12.5. The number of rotatable bonds is 17. The molecular formula is C25H30N4O10S. The number of Topliss-reactive ketones (excluding diaryl/α,β-unsaturated/α-hetero) is 1. The highest BCUT2D eigenvalue weighted by molar-refractivity contribution is 7.80. The molecule has 0 saturated heterocycles. The third-order valence-electron chi connectivity index (χ3n) is 5.32. The lowest BCUT2D eigenvalue weighted by molar-refractivity contribution is -0.145. The number of hydrogen-bond acceptors (Lipinski definition) is 11. The van der Waals surface area contributed by atoms with Crippen LogP contribution >= 0.6 is 12.2 Å². The van der Waals surface area contributed by atoms with Crippen LogP contribution in [-0.4, -0.2) is 114 Å². The average Bonchev–Trinajstić information content (AvgIpc) is 3.27. The Balaban J connectivity index is 1.67. The third kappa shape index (κ3) is 10.6. The van der Waals surface area contributed by atoms with Gasteiger partial charge in [-0.3, -0.25) is 33.7 Å². The van der Waals surface area contributed by atoms with Crippen LogP contribution in [0.15, 0.2) is 42.5 Å². The molecule has 0 fully saturated rings. The predicted octanol–water partition coefficient (Wildman–Crippen LogP) is -2.38. The molecule has 0 unspecified atom stereocenters. The van der Waals surface area contributed by atoms with Gasteiger partial charge in [-0.05, 0) is 0 Å². The van der Waals surface area contributed by atoms with Crippen molar-refractivity contribution < 1.29 is 48.5 Å². The molecule has 0 bridgehead atoms. The number of esters is 1. The normalized spacial score (nSPS) is 13.9. The first-order valence-corrected chi connectivity index (χ1v) is 12.5. The minimum absolute atomic E-state index is 0.00481. The standard InChI is InChI=1S/C25H30N4O10S/c30-14-17(28-25(37)18(15-31)27-20(40)12-19(32)16-4-2-1-3-5-16)24(36)26-13-23(35)39-11-10-38-9-8-29-21(33)6-7-22(29)34/h1-7,17-18,30-31H,8-15H2,(H,26,36)(H,27,40)(H,28,37)/t17-,18-/m0/s1. The Hall–Kier alpha value is -4.05.